The fraction of sp³-hybridized carbons (Fsp3) is 0.833. The lowest BCUT2D eigenvalue weighted by atomic mass is 9.59. The number of carbonyl (C=O) groups is 1. The van der Waals surface area contributed by atoms with E-state index >= 15 is 0 Å². The van der Waals surface area contributed by atoms with Crippen molar-refractivity contribution < 1.29 is 14.3 Å². The van der Waals surface area contributed by atoms with Crippen molar-refractivity contribution in [2.45, 2.75) is 60.2 Å². The van der Waals surface area contributed by atoms with Gasteiger partial charge in [-0.3, -0.25) is 4.79 Å². The Labute approximate surface area is 128 Å². The van der Waals surface area contributed by atoms with Crippen LogP contribution in [0.5, 0.6) is 0 Å². The summed E-state index contributed by atoms with van der Waals surface area (Å²) < 4.78 is 11.7. The van der Waals surface area contributed by atoms with Crippen LogP contribution in [0.2, 0.25) is 0 Å². The Kier molecular flexibility index (Phi) is 3.29. The molecule has 3 aliphatic rings. The second-order valence-electron chi connectivity index (χ2n) is 8.49. The third-order valence-electron chi connectivity index (χ3n) is 5.91. The van der Waals surface area contributed by atoms with Crippen LogP contribution in [0.1, 0.15) is 48.0 Å². The van der Waals surface area contributed by atoms with Gasteiger partial charge in [0, 0.05) is 17.9 Å². The molecule has 2 saturated carbocycles. The second-order valence-corrected chi connectivity index (χ2v) is 8.49. The molecule has 5 atom stereocenters. The van der Waals surface area contributed by atoms with Gasteiger partial charge in [-0.05, 0) is 31.6 Å². The number of hydrogen-bond acceptors (Lipinski definition) is 3. The summed E-state index contributed by atoms with van der Waals surface area (Å²) >= 11 is 0. The van der Waals surface area contributed by atoms with E-state index in [1.54, 1.807) is 0 Å². The SMILES string of the molecule is CC(C)=CC1C(C(=O)OC2C3CCOC3C2(C)C)C1(C)C. The van der Waals surface area contributed by atoms with E-state index in [0.29, 0.717) is 11.8 Å². The van der Waals surface area contributed by atoms with Gasteiger partial charge in [0.1, 0.15) is 6.10 Å². The molecule has 5 unspecified atom stereocenters. The molecule has 118 valence electrons. The van der Waals surface area contributed by atoms with Crippen molar-refractivity contribution in [3.63, 3.8) is 0 Å². The number of ether oxygens (including phenoxy) is 2. The molecule has 1 heterocycles. The molecule has 3 fully saturated rings. The molecule has 3 rings (SSSR count). The predicted octanol–water partition coefficient (Wildman–Crippen LogP) is 3.58. The minimum Gasteiger partial charge on any atom is -0.461 e. The van der Waals surface area contributed by atoms with Gasteiger partial charge in [-0.25, -0.2) is 0 Å². The molecule has 0 aromatic rings. The van der Waals surface area contributed by atoms with Crippen LogP contribution < -0.4 is 0 Å². The van der Waals surface area contributed by atoms with Gasteiger partial charge in [-0.2, -0.15) is 0 Å². The zero-order valence-electron chi connectivity index (χ0n) is 14.1. The van der Waals surface area contributed by atoms with Crippen LogP contribution in [-0.2, 0) is 14.3 Å². The molecule has 2 aliphatic carbocycles. The van der Waals surface area contributed by atoms with Crippen LogP contribution in [-0.4, -0.2) is 24.8 Å². The number of carbonyl (C=O) groups excluding carboxylic acids is 1. The maximum Gasteiger partial charge on any atom is 0.310 e. The van der Waals surface area contributed by atoms with Crippen LogP contribution in [0.15, 0.2) is 11.6 Å². The van der Waals surface area contributed by atoms with E-state index in [9.17, 15) is 4.79 Å². The Morgan fingerprint density at radius 2 is 1.86 bits per heavy atom. The van der Waals surface area contributed by atoms with Crippen molar-refractivity contribution in [1.29, 1.82) is 0 Å². The van der Waals surface area contributed by atoms with Crippen LogP contribution >= 0.6 is 0 Å². The molecule has 1 saturated heterocycles. The van der Waals surface area contributed by atoms with Crippen LogP contribution in [0.4, 0.5) is 0 Å². The highest BCUT2D eigenvalue weighted by atomic mass is 16.6. The second kappa shape index (κ2) is 4.58. The summed E-state index contributed by atoms with van der Waals surface area (Å²) in [5, 5.41) is 0. The van der Waals surface area contributed by atoms with Gasteiger partial charge < -0.3 is 9.47 Å². The quantitative estimate of drug-likeness (QED) is 0.589. The third-order valence-corrected chi connectivity index (χ3v) is 5.91. The molecule has 0 aromatic carbocycles. The molecule has 0 amide bonds. The van der Waals surface area contributed by atoms with Crippen molar-refractivity contribution >= 4 is 5.97 Å². The molecule has 0 spiro atoms. The van der Waals surface area contributed by atoms with Gasteiger partial charge in [-0.15, -0.1) is 0 Å². The predicted molar refractivity (Wildman–Crippen MR) is 81.7 cm³/mol. The molecular formula is C18H28O3. The minimum absolute atomic E-state index is 0.00840. The highest BCUT2D eigenvalue weighted by Crippen LogP contribution is 2.61. The topological polar surface area (TPSA) is 35.5 Å². The highest BCUT2D eigenvalue weighted by molar-refractivity contribution is 5.78. The maximum absolute atomic E-state index is 12.6. The minimum atomic E-state index is -0.0398. The first-order valence-corrected chi connectivity index (χ1v) is 8.14. The van der Waals surface area contributed by atoms with Gasteiger partial charge >= 0.3 is 5.97 Å². The lowest BCUT2D eigenvalue weighted by Gasteiger charge is -2.53. The van der Waals surface area contributed by atoms with Gasteiger partial charge in [0.25, 0.3) is 0 Å². The van der Waals surface area contributed by atoms with Gasteiger partial charge in [-0.1, -0.05) is 39.3 Å². The first kappa shape index (κ1) is 15.1. The number of allylic oxidation sites excluding steroid dienone is 2. The zero-order chi connectivity index (χ0) is 15.6. The molecule has 0 radical (unpaired) electrons. The number of fused-ring (bicyclic) bond motifs is 1. The lowest BCUT2D eigenvalue weighted by Crippen LogP contribution is -2.61. The van der Waals surface area contributed by atoms with Gasteiger partial charge in [0.05, 0.1) is 12.0 Å². The number of hydrogen-bond donors (Lipinski definition) is 0. The van der Waals surface area contributed by atoms with Gasteiger partial charge in [0.2, 0.25) is 0 Å². The molecule has 3 heteroatoms. The van der Waals surface area contributed by atoms with Crippen LogP contribution in [0.3, 0.4) is 0 Å². The smallest absolute Gasteiger partial charge is 0.310 e. The summed E-state index contributed by atoms with van der Waals surface area (Å²) in [6.07, 6.45) is 3.55. The van der Waals surface area contributed by atoms with Crippen molar-refractivity contribution in [1.82, 2.24) is 0 Å². The Hall–Kier alpha value is -0.830. The molecule has 0 aromatic heterocycles. The van der Waals surface area contributed by atoms with E-state index in [4.69, 9.17) is 9.47 Å². The summed E-state index contributed by atoms with van der Waals surface area (Å²) in [6.45, 7) is 13.6. The molecule has 0 bridgehead atoms. The van der Waals surface area contributed by atoms with Crippen LogP contribution in [0, 0.1) is 28.6 Å². The van der Waals surface area contributed by atoms with E-state index in [0.717, 1.165) is 13.0 Å². The van der Waals surface area contributed by atoms with E-state index in [1.807, 2.05) is 0 Å². The fourth-order valence-corrected chi connectivity index (χ4v) is 4.51. The monoisotopic (exact) mass is 292 g/mol. The van der Waals surface area contributed by atoms with Gasteiger partial charge in [0.15, 0.2) is 0 Å². The fourth-order valence-electron chi connectivity index (χ4n) is 4.51. The van der Waals surface area contributed by atoms with E-state index < -0.39 is 0 Å². The first-order valence-electron chi connectivity index (χ1n) is 8.14. The summed E-state index contributed by atoms with van der Waals surface area (Å²) in [5.41, 5.74) is 1.27. The van der Waals surface area contributed by atoms with E-state index in [-0.39, 0.29) is 34.9 Å². The summed E-state index contributed by atoms with van der Waals surface area (Å²) in [5.74, 6) is 0.747. The average molecular weight is 292 g/mol. The summed E-state index contributed by atoms with van der Waals surface area (Å²) in [4.78, 5) is 12.6. The maximum atomic E-state index is 12.6. The van der Waals surface area contributed by atoms with Crippen molar-refractivity contribution in [2.24, 2.45) is 28.6 Å². The third kappa shape index (κ3) is 2.16. The first-order chi connectivity index (χ1) is 9.67. The zero-order valence-corrected chi connectivity index (χ0v) is 14.1. The number of rotatable bonds is 3. The largest absolute Gasteiger partial charge is 0.461 e. The summed E-state index contributed by atoms with van der Waals surface area (Å²) in [7, 11) is 0. The highest BCUT2D eigenvalue weighted by Gasteiger charge is 2.65. The molecule has 0 N–H and O–H groups in total. The molecule has 1 aliphatic heterocycles. The Morgan fingerprint density at radius 3 is 2.48 bits per heavy atom. The van der Waals surface area contributed by atoms with Crippen molar-refractivity contribution in [3.05, 3.63) is 11.6 Å². The Bertz CT molecular complexity index is 485. The van der Waals surface area contributed by atoms with Crippen LogP contribution in [0.25, 0.3) is 0 Å². The lowest BCUT2D eigenvalue weighted by molar-refractivity contribution is -0.211. The Morgan fingerprint density at radius 1 is 1.19 bits per heavy atom. The standard InChI is InChI=1S/C18H28O3/c1-10(2)9-12-13(17(12,3)4)16(19)21-15-11-7-8-20-14(11)18(15,5)6/h9,11-15H,7-8H2,1-6H3. The number of esters is 1. The molecular weight excluding hydrogens is 264 g/mol. The van der Waals surface area contributed by atoms with Crippen molar-refractivity contribution in [2.75, 3.05) is 6.61 Å². The molecule has 21 heavy (non-hydrogen) atoms. The Balaban J connectivity index is 1.67. The normalized spacial score (nSPS) is 41.7. The average Bonchev–Trinajstić information content (AvgIpc) is 2.77. The van der Waals surface area contributed by atoms with E-state index in [2.05, 4.69) is 47.6 Å². The van der Waals surface area contributed by atoms with E-state index in [1.165, 1.54) is 5.57 Å². The summed E-state index contributed by atoms with van der Waals surface area (Å²) in [6, 6.07) is 0. The van der Waals surface area contributed by atoms with Crippen molar-refractivity contribution in [3.8, 4) is 0 Å². The molecule has 3 nitrogen and oxygen atoms in total.